The maximum atomic E-state index is 9.90. The normalized spacial score (nSPS) is 24.5. The third-order valence-corrected chi connectivity index (χ3v) is 3.92. The Hall–Kier alpha value is -2.49. The molecule has 0 spiro atoms. The molecule has 4 heterocycles. The van der Waals surface area contributed by atoms with Crippen LogP contribution in [0, 0.1) is 0 Å². The Labute approximate surface area is 130 Å². The highest BCUT2D eigenvalue weighted by Gasteiger charge is 2.35. The van der Waals surface area contributed by atoms with Gasteiger partial charge in [-0.15, -0.1) is 0 Å². The Morgan fingerprint density at radius 2 is 2.26 bits per heavy atom. The second kappa shape index (κ2) is 5.30. The van der Waals surface area contributed by atoms with Crippen LogP contribution < -0.4 is 5.73 Å². The fourth-order valence-electron chi connectivity index (χ4n) is 2.72. The van der Waals surface area contributed by atoms with Gasteiger partial charge in [0.25, 0.3) is 0 Å². The molecule has 3 atom stereocenters. The lowest BCUT2D eigenvalue weighted by atomic mass is 10.2. The molecule has 0 unspecified atom stereocenters. The summed E-state index contributed by atoms with van der Waals surface area (Å²) in [6.45, 7) is -0.248. The SMILES string of the molecule is Nc1nc(-c2ccoc2)nc2c1ncn2[C@H]1C[C@H](O)[C@@H](CO)O1. The van der Waals surface area contributed by atoms with Crippen LogP contribution in [0.3, 0.4) is 0 Å². The van der Waals surface area contributed by atoms with Crippen LogP contribution in [-0.4, -0.2) is 48.5 Å². The first-order valence-corrected chi connectivity index (χ1v) is 7.14. The minimum Gasteiger partial charge on any atom is -0.472 e. The molecule has 4 N–H and O–H groups in total. The smallest absolute Gasteiger partial charge is 0.168 e. The van der Waals surface area contributed by atoms with Gasteiger partial charge in [-0.25, -0.2) is 15.0 Å². The fourth-order valence-corrected chi connectivity index (χ4v) is 2.72. The molecule has 3 aromatic heterocycles. The van der Waals surface area contributed by atoms with Gasteiger partial charge in [-0.05, 0) is 6.07 Å². The van der Waals surface area contributed by atoms with Crippen molar-refractivity contribution in [2.75, 3.05) is 12.3 Å². The number of ether oxygens (including phenoxy) is 1. The van der Waals surface area contributed by atoms with Crippen LogP contribution in [0.1, 0.15) is 12.6 Å². The summed E-state index contributed by atoms with van der Waals surface area (Å²) in [4.78, 5) is 12.9. The van der Waals surface area contributed by atoms with Crippen LogP contribution in [0.2, 0.25) is 0 Å². The molecule has 9 heteroatoms. The van der Waals surface area contributed by atoms with E-state index in [0.717, 1.165) is 0 Å². The van der Waals surface area contributed by atoms with Crippen LogP contribution in [-0.2, 0) is 4.74 Å². The van der Waals surface area contributed by atoms with Crippen molar-refractivity contribution in [1.82, 2.24) is 19.5 Å². The Bertz CT molecular complexity index is 831. The fraction of sp³-hybridized carbons (Fsp3) is 0.357. The van der Waals surface area contributed by atoms with Crippen molar-refractivity contribution in [3.8, 4) is 11.4 Å². The van der Waals surface area contributed by atoms with Crippen LogP contribution in [0.5, 0.6) is 0 Å². The molecular weight excluding hydrogens is 302 g/mol. The van der Waals surface area contributed by atoms with Gasteiger partial charge in [-0.2, -0.15) is 0 Å². The van der Waals surface area contributed by atoms with Crippen molar-refractivity contribution in [3.05, 3.63) is 24.9 Å². The molecule has 0 aliphatic carbocycles. The molecule has 23 heavy (non-hydrogen) atoms. The van der Waals surface area contributed by atoms with E-state index in [2.05, 4.69) is 15.0 Å². The Morgan fingerprint density at radius 3 is 2.96 bits per heavy atom. The molecule has 0 radical (unpaired) electrons. The number of nitrogens with two attached hydrogens (primary N) is 1. The number of hydrogen-bond donors (Lipinski definition) is 3. The maximum absolute atomic E-state index is 9.90. The molecule has 1 aliphatic rings. The van der Waals surface area contributed by atoms with Crippen molar-refractivity contribution in [1.29, 1.82) is 0 Å². The van der Waals surface area contributed by atoms with E-state index in [-0.39, 0.29) is 12.4 Å². The highest BCUT2D eigenvalue weighted by Crippen LogP contribution is 2.32. The highest BCUT2D eigenvalue weighted by atomic mass is 16.5. The minimum atomic E-state index is -0.741. The van der Waals surface area contributed by atoms with Crippen molar-refractivity contribution < 1.29 is 19.4 Å². The largest absolute Gasteiger partial charge is 0.472 e. The molecule has 4 rings (SSSR count). The van der Waals surface area contributed by atoms with E-state index in [1.807, 2.05) is 0 Å². The lowest BCUT2D eigenvalue weighted by molar-refractivity contribution is -0.0432. The predicted molar refractivity (Wildman–Crippen MR) is 79.1 cm³/mol. The molecule has 0 saturated carbocycles. The highest BCUT2D eigenvalue weighted by molar-refractivity contribution is 5.83. The van der Waals surface area contributed by atoms with Crippen LogP contribution in [0.4, 0.5) is 5.82 Å². The summed E-state index contributed by atoms with van der Waals surface area (Å²) in [5, 5.41) is 19.1. The van der Waals surface area contributed by atoms with Gasteiger partial charge >= 0.3 is 0 Å². The molecule has 9 nitrogen and oxygen atoms in total. The number of fused-ring (bicyclic) bond motifs is 1. The number of nitrogens with zero attached hydrogens (tertiary/aromatic N) is 4. The number of anilines is 1. The van der Waals surface area contributed by atoms with Crippen LogP contribution in [0.15, 0.2) is 29.3 Å². The molecular formula is C14H15N5O4. The molecule has 1 saturated heterocycles. The predicted octanol–water partition coefficient (Wildman–Crippen LogP) is 0.309. The van der Waals surface area contributed by atoms with Crippen LogP contribution in [0.25, 0.3) is 22.6 Å². The number of hydrogen-bond acceptors (Lipinski definition) is 8. The van der Waals surface area contributed by atoms with Crippen molar-refractivity contribution in [2.24, 2.45) is 0 Å². The Kier molecular flexibility index (Phi) is 3.26. The molecule has 1 aliphatic heterocycles. The number of furan rings is 1. The van der Waals surface area contributed by atoms with E-state index in [1.54, 1.807) is 17.0 Å². The van der Waals surface area contributed by atoms with E-state index in [4.69, 9.17) is 14.9 Å². The van der Waals surface area contributed by atoms with Crippen molar-refractivity contribution in [2.45, 2.75) is 24.9 Å². The van der Waals surface area contributed by atoms with Crippen molar-refractivity contribution >= 4 is 17.0 Å². The summed E-state index contributed by atoms with van der Waals surface area (Å²) in [6, 6.07) is 1.74. The Morgan fingerprint density at radius 1 is 1.39 bits per heavy atom. The topological polar surface area (TPSA) is 132 Å². The van der Waals surface area contributed by atoms with Gasteiger partial charge < -0.3 is 25.1 Å². The maximum Gasteiger partial charge on any atom is 0.168 e. The summed E-state index contributed by atoms with van der Waals surface area (Å²) in [5.74, 6) is 0.671. The van der Waals surface area contributed by atoms with Gasteiger partial charge in [-0.1, -0.05) is 0 Å². The second-order valence-corrected chi connectivity index (χ2v) is 5.38. The van der Waals surface area contributed by atoms with Gasteiger partial charge in [0.2, 0.25) is 0 Å². The molecule has 3 aromatic rings. The quantitative estimate of drug-likeness (QED) is 0.628. The first-order chi connectivity index (χ1) is 11.2. The molecule has 120 valence electrons. The monoisotopic (exact) mass is 317 g/mol. The van der Waals surface area contributed by atoms with E-state index < -0.39 is 18.4 Å². The molecule has 0 amide bonds. The zero-order chi connectivity index (χ0) is 16.0. The van der Waals surface area contributed by atoms with Gasteiger partial charge in [-0.3, -0.25) is 4.57 Å². The second-order valence-electron chi connectivity index (χ2n) is 5.38. The summed E-state index contributed by atoms with van der Waals surface area (Å²) in [6.07, 6.45) is 3.10. The summed E-state index contributed by atoms with van der Waals surface area (Å²) in [7, 11) is 0. The summed E-state index contributed by atoms with van der Waals surface area (Å²) < 4.78 is 12.4. The number of imidazole rings is 1. The van der Waals surface area contributed by atoms with Gasteiger partial charge in [0.1, 0.15) is 24.1 Å². The lowest BCUT2D eigenvalue weighted by Gasteiger charge is -2.13. The van der Waals surface area contributed by atoms with Gasteiger partial charge in [0.05, 0.1) is 30.9 Å². The number of rotatable bonds is 3. The van der Waals surface area contributed by atoms with E-state index >= 15 is 0 Å². The van der Waals surface area contributed by atoms with Gasteiger partial charge in [0, 0.05) is 6.42 Å². The van der Waals surface area contributed by atoms with Crippen molar-refractivity contribution in [3.63, 3.8) is 0 Å². The number of aliphatic hydroxyl groups excluding tert-OH is 2. The van der Waals surface area contributed by atoms with Crippen LogP contribution >= 0.6 is 0 Å². The first kappa shape index (κ1) is 14.1. The van der Waals surface area contributed by atoms with E-state index in [1.165, 1.54) is 12.5 Å². The Balaban J connectivity index is 1.79. The summed E-state index contributed by atoms with van der Waals surface area (Å²) >= 11 is 0. The van der Waals surface area contributed by atoms with E-state index in [0.29, 0.717) is 29.0 Å². The number of aromatic nitrogens is 4. The number of nitrogen functional groups attached to an aromatic ring is 1. The molecule has 1 fully saturated rings. The number of aliphatic hydroxyl groups is 2. The zero-order valence-corrected chi connectivity index (χ0v) is 12.0. The molecule has 0 bridgehead atoms. The third-order valence-electron chi connectivity index (χ3n) is 3.92. The lowest BCUT2D eigenvalue weighted by Crippen LogP contribution is -2.24. The first-order valence-electron chi connectivity index (χ1n) is 7.14. The summed E-state index contributed by atoms with van der Waals surface area (Å²) in [5.41, 5.74) is 7.63. The third kappa shape index (κ3) is 2.25. The average molecular weight is 317 g/mol. The minimum absolute atomic E-state index is 0.248. The standard InChI is InChI=1S/C14H15N5O4/c15-12-11-14(18-13(17-12)7-1-2-22-5-7)19(6-16-11)10-3-8(21)9(4-20)23-10/h1-2,5-6,8-10,20-21H,3-4H2,(H2,15,17,18)/t8-,9+,10+/m0/s1. The zero-order valence-electron chi connectivity index (χ0n) is 12.0. The molecule has 0 aromatic carbocycles. The average Bonchev–Trinajstić information content (AvgIpc) is 3.25. The van der Waals surface area contributed by atoms with E-state index in [9.17, 15) is 10.2 Å². The van der Waals surface area contributed by atoms with Gasteiger partial charge in [0.15, 0.2) is 17.3 Å².